The van der Waals surface area contributed by atoms with E-state index in [0.29, 0.717) is 18.2 Å². The van der Waals surface area contributed by atoms with Gasteiger partial charge in [-0.05, 0) is 26.8 Å². The number of hydrogen-bond donors (Lipinski definition) is 1. The minimum atomic E-state index is 0.392. The van der Waals surface area contributed by atoms with Crippen molar-refractivity contribution in [2.75, 3.05) is 0 Å². The van der Waals surface area contributed by atoms with Crippen LogP contribution in [0, 0.1) is 13.8 Å². The Hall–Kier alpha value is -1.52. The summed E-state index contributed by atoms with van der Waals surface area (Å²) in [4.78, 5) is 0. The third kappa shape index (κ3) is 2.97. The van der Waals surface area contributed by atoms with E-state index < -0.39 is 0 Å². The summed E-state index contributed by atoms with van der Waals surface area (Å²) in [7, 11) is 0. The van der Waals surface area contributed by atoms with Crippen molar-refractivity contribution in [2.24, 2.45) is 5.73 Å². The van der Waals surface area contributed by atoms with Gasteiger partial charge in [0, 0.05) is 18.7 Å². The predicted molar refractivity (Wildman–Crippen MR) is 81.1 cm³/mol. The molecule has 0 aliphatic rings. The van der Waals surface area contributed by atoms with Crippen molar-refractivity contribution in [1.82, 2.24) is 9.78 Å². The van der Waals surface area contributed by atoms with Crippen LogP contribution in [0.2, 0.25) is 5.02 Å². The van der Waals surface area contributed by atoms with Crippen molar-refractivity contribution in [3.8, 4) is 5.75 Å². The molecule has 0 bridgehead atoms. The van der Waals surface area contributed by atoms with Crippen molar-refractivity contribution < 1.29 is 4.74 Å². The summed E-state index contributed by atoms with van der Waals surface area (Å²) >= 11 is 6.27. The Balaban J connectivity index is 2.21. The number of hydrogen-bond acceptors (Lipinski definition) is 3. The van der Waals surface area contributed by atoms with Crippen LogP contribution < -0.4 is 10.5 Å². The van der Waals surface area contributed by atoms with Crippen molar-refractivity contribution in [3.63, 3.8) is 0 Å². The Labute approximate surface area is 124 Å². The summed E-state index contributed by atoms with van der Waals surface area (Å²) in [5.41, 5.74) is 9.65. The van der Waals surface area contributed by atoms with Crippen LogP contribution in [-0.2, 0) is 19.7 Å². The molecule has 0 aliphatic carbocycles. The van der Waals surface area contributed by atoms with E-state index >= 15 is 0 Å². The van der Waals surface area contributed by atoms with E-state index in [0.717, 1.165) is 29.2 Å². The van der Waals surface area contributed by atoms with E-state index in [1.54, 1.807) is 0 Å². The van der Waals surface area contributed by atoms with Crippen molar-refractivity contribution >= 4 is 11.6 Å². The lowest BCUT2D eigenvalue weighted by molar-refractivity contribution is 0.289. The van der Waals surface area contributed by atoms with Gasteiger partial charge in [0.05, 0.1) is 16.4 Å². The molecule has 4 nitrogen and oxygen atoms in total. The number of nitrogens with zero attached hydrogens (tertiary/aromatic N) is 2. The predicted octanol–water partition coefficient (Wildman–Crippen LogP) is 3.21. The number of benzene rings is 1. The van der Waals surface area contributed by atoms with Gasteiger partial charge in [0.2, 0.25) is 0 Å². The van der Waals surface area contributed by atoms with Crippen LogP contribution in [0.1, 0.15) is 29.4 Å². The van der Waals surface area contributed by atoms with Gasteiger partial charge in [-0.25, -0.2) is 0 Å². The van der Waals surface area contributed by atoms with Crippen LogP contribution in [-0.4, -0.2) is 9.78 Å². The van der Waals surface area contributed by atoms with Crippen molar-refractivity contribution in [1.29, 1.82) is 0 Å². The standard InChI is InChI=1S/C15H20ClN3O/c1-4-19-13(15(16)11(3)18-19)9-20-14-6-5-10(2)7-12(14)8-17/h5-7H,4,8-9,17H2,1-3H3. The second kappa shape index (κ2) is 6.29. The number of aryl methyl sites for hydroxylation is 3. The first-order valence-corrected chi connectivity index (χ1v) is 7.08. The molecule has 0 amide bonds. The van der Waals surface area contributed by atoms with E-state index in [-0.39, 0.29) is 0 Å². The molecule has 0 spiro atoms. The lowest BCUT2D eigenvalue weighted by atomic mass is 10.1. The molecule has 20 heavy (non-hydrogen) atoms. The molecule has 1 heterocycles. The summed E-state index contributed by atoms with van der Waals surface area (Å²) in [5.74, 6) is 0.802. The molecular formula is C15H20ClN3O. The van der Waals surface area contributed by atoms with Gasteiger partial charge in [-0.1, -0.05) is 29.3 Å². The molecule has 2 N–H and O–H groups in total. The zero-order valence-corrected chi connectivity index (χ0v) is 12.9. The average molecular weight is 294 g/mol. The van der Waals surface area contributed by atoms with E-state index in [1.165, 1.54) is 5.56 Å². The Bertz CT molecular complexity index is 607. The van der Waals surface area contributed by atoms with Gasteiger partial charge in [0.25, 0.3) is 0 Å². The summed E-state index contributed by atoms with van der Waals surface area (Å²) in [6.07, 6.45) is 0. The molecule has 1 aromatic carbocycles. The lowest BCUT2D eigenvalue weighted by Gasteiger charge is -2.12. The Kier molecular flexibility index (Phi) is 4.68. The number of ether oxygens (including phenoxy) is 1. The minimum Gasteiger partial charge on any atom is -0.487 e. The molecule has 2 rings (SSSR count). The molecule has 5 heteroatoms. The zero-order chi connectivity index (χ0) is 14.7. The molecule has 108 valence electrons. The fraction of sp³-hybridized carbons (Fsp3) is 0.400. The van der Waals surface area contributed by atoms with Crippen LogP contribution in [0.25, 0.3) is 0 Å². The maximum Gasteiger partial charge on any atom is 0.131 e. The number of rotatable bonds is 5. The second-order valence-electron chi connectivity index (χ2n) is 4.77. The van der Waals surface area contributed by atoms with Gasteiger partial charge in [-0.3, -0.25) is 4.68 Å². The fourth-order valence-corrected chi connectivity index (χ4v) is 2.35. The number of halogens is 1. The highest BCUT2D eigenvalue weighted by Gasteiger charge is 2.13. The smallest absolute Gasteiger partial charge is 0.131 e. The quantitative estimate of drug-likeness (QED) is 0.921. The third-order valence-electron chi connectivity index (χ3n) is 3.25. The average Bonchev–Trinajstić information content (AvgIpc) is 2.72. The monoisotopic (exact) mass is 293 g/mol. The molecule has 0 atom stereocenters. The maximum atomic E-state index is 6.27. The molecule has 0 radical (unpaired) electrons. The number of nitrogens with two attached hydrogens (primary N) is 1. The normalized spacial score (nSPS) is 10.8. The van der Waals surface area contributed by atoms with Gasteiger partial charge in [-0.2, -0.15) is 5.10 Å². The molecule has 2 aromatic rings. The summed E-state index contributed by atoms with van der Waals surface area (Å²) < 4.78 is 7.75. The summed E-state index contributed by atoms with van der Waals surface area (Å²) in [5, 5.41) is 5.05. The van der Waals surface area contributed by atoms with E-state index in [1.807, 2.05) is 43.7 Å². The first-order valence-electron chi connectivity index (χ1n) is 6.71. The summed E-state index contributed by atoms with van der Waals surface area (Å²) in [6.45, 7) is 7.58. The highest BCUT2D eigenvalue weighted by atomic mass is 35.5. The van der Waals surface area contributed by atoms with Gasteiger partial charge in [0.1, 0.15) is 12.4 Å². The van der Waals surface area contributed by atoms with E-state index in [9.17, 15) is 0 Å². The van der Waals surface area contributed by atoms with Gasteiger partial charge < -0.3 is 10.5 Å². The van der Waals surface area contributed by atoms with Crippen LogP contribution >= 0.6 is 11.6 Å². The largest absolute Gasteiger partial charge is 0.487 e. The van der Waals surface area contributed by atoms with Gasteiger partial charge in [0.15, 0.2) is 0 Å². The van der Waals surface area contributed by atoms with Crippen LogP contribution in [0.3, 0.4) is 0 Å². The lowest BCUT2D eigenvalue weighted by Crippen LogP contribution is -2.08. The highest BCUT2D eigenvalue weighted by molar-refractivity contribution is 6.31. The van der Waals surface area contributed by atoms with Crippen molar-refractivity contribution in [3.05, 3.63) is 45.7 Å². The Morgan fingerprint density at radius 1 is 1.35 bits per heavy atom. The highest BCUT2D eigenvalue weighted by Crippen LogP contribution is 2.24. The second-order valence-corrected chi connectivity index (χ2v) is 5.14. The Morgan fingerprint density at radius 2 is 2.10 bits per heavy atom. The fourth-order valence-electron chi connectivity index (χ4n) is 2.16. The first kappa shape index (κ1) is 14.9. The van der Waals surface area contributed by atoms with Crippen LogP contribution in [0.5, 0.6) is 5.75 Å². The SMILES string of the molecule is CCn1nc(C)c(Cl)c1COc1ccc(C)cc1CN. The Morgan fingerprint density at radius 3 is 2.75 bits per heavy atom. The summed E-state index contributed by atoms with van der Waals surface area (Å²) in [6, 6.07) is 6.00. The first-order chi connectivity index (χ1) is 9.56. The van der Waals surface area contributed by atoms with Crippen molar-refractivity contribution in [2.45, 2.75) is 40.5 Å². The van der Waals surface area contributed by atoms with E-state index in [2.05, 4.69) is 5.10 Å². The minimum absolute atomic E-state index is 0.392. The van der Waals surface area contributed by atoms with Gasteiger partial charge >= 0.3 is 0 Å². The van der Waals surface area contributed by atoms with Gasteiger partial charge in [-0.15, -0.1) is 0 Å². The molecule has 0 unspecified atom stereocenters. The molecule has 0 saturated heterocycles. The molecular weight excluding hydrogens is 274 g/mol. The third-order valence-corrected chi connectivity index (χ3v) is 3.74. The molecule has 1 aromatic heterocycles. The van der Waals surface area contributed by atoms with Crippen LogP contribution in [0.4, 0.5) is 0 Å². The van der Waals surface area contributed by atoms with Crippen LogP contribution in [0.15, 0.2) is 18.2 Å². The zero-order valence-electron chi connectivity index (χ0n) is 12.1. The van der Waals surface area contributed by atoms with E-state index in [4.69, 9.17) is 22.1 Å². The molecule has 0 saturated carbocycles. The maximum absolute atomic E-state index is 6.27. The molecule has 0 aliphatic heterocycles. The molecule has 0 fully saturated rings. The topological polar surface area (TPSA) is 53.1 Å². The number of aromatic nitrogens is 2.